The Balaban J connectivity index is 2.08. The van der Waals surface area contributed by atoms with Crippen molar-refractivity contribution in [2.45, 2.75) is 78.2 Å². The quantitative estimate of drug-likeness (QED) is 0.308. The fraction of sp³-hybridized carbons (Fsp3) is 0.700. The number of rotatable bonds is 8. The van der Waals surface area contributed by atoms with Crippen LogP contribution < -0.4 is 4.74 Å². The average molecular weight is 345 g/mol. The van der Waals surface area contributed by atoms with E-state index < -0.39 is 5.60 Å². The van der Waals surface area contributed by atoms with Crippen LogP contribution in [-0.4, -0.2) is 23.9 Å². The van der Waals surface area contributed by atoms with Crippen LogP contribution in [0.1, 0.15) is 66.8 Å². The number of hydrogen-bond donors (Lipinski definition) is 1. The van der Waals surface area contributed by atoms with Gasteiger partial charge in [0.1, 0.15) is 11.4 Å². The number of unbranched alkanes of at least 4 members (excludes halogenated alkanes) is 3. The smallest absolute Gasteiger partial charge is 0.129 e. The Morgan fingerprint density at radius 1 is 1.12 bits per heavy atom. The van der Waals surface area contributed by atoms with Crippen LogP contribution in [0.2, 0.25) is 0 Å². The van der Waals surface area contributed by atoms with Crippen LogP contribution in [0.25, 0.3) is 10.4 Å². The Hall–Kier alpha value is -1.71. The van der Waals surface area contributed by atoms with E-state index in [1.807, 2.05) is 6.92 Å². The van der Waals surface area contributed by atoms with E-state index in [1.165, 1.54) is 27.8 Å². The Morgan fingerprint density at radius 2 is 1.84 bits per heavy atom. The highest BCUT2D eigenvalue weighted by Crippen LogP contribution is 2.41. The zero-order valence-corrected chi connectivity index (χ0v) is 16.1. The number of aliphatic hydroxyl groups is 1. The third kappa shape index (κ3) is 4.47. The molecule has 1 aliphatic rings. The highest BCUT2D eigenvalue weighted by Gasteiger charge is 2.33. The summed E-state index contributed by atoms with van der Waals surface area (Å²) in [6.07, 6.45) is 7.32. The molecule has 0 saturated heterocycles. The molecule has 0 amide bonds. The van der Waals surface area contributed by atoms with Gasteiger partial charge in [0, 0.05) is 11.5 Å². The molecule has 25 heavy (non-hydrogen) atoms. The molecule has 1 aromatic rings. The summed E-state index contributed by atoms with van der Waals surface area (Å²) in [6.45, 7) is 9.19. The molecule has 0 aliphatic carbocycles. The van der Waals surface area contributed by atoms with Crippen molar-refractivity contribution >= 4 is 0 Å². The molecule has 1 aliphatic heterocycles. The van der Waals surface area contributed by atoms with Gasteiger partial charge in [0.25, 0.3) is 0 Å². The molecule has 0 bridgehead atoms. The van der Waals surface area contributed by atoms with Gasteiger partial charge < -0.3 is 9.84 Å². The maximum atomic E-state index is 9.63. The maximum Gasteiger partial charge on any atom is 0.129 e. The number of hydrogen-bond acceptors (Lipinski definition) is 3. The standard InChI is InChI=1S/C20H31N3O2/c1-14-15(2)19-18(10-11-20(4,13-24)25-19)16(3)17(14)9-7-5-6-8-12-22-23-21/h24H,5-13H2,1-4H3. The molecule has 5 heteroatoms. The van der Waals surface area contributed by atoms with Crippen LogP contribution >= 0.6 is 0 Å². The third-order valence-electron chi connectivity index (χ3n) is 5.62. The average Bonchev–Trinajstić information content (AvgIpc) is 2.61. The second-order valence-corrected chi connectivity index (χ2v) is 7.49. The predicted molar refractivity (Wildman–Crippen MR) is 101 cm³/mol. The summed E-state index contributed by atoms with van der Waals surface area (Å²) < 4.78 is 6.21. The molecule has 1 unspecified atom stereocenters. The fourth-order valence-electron chi connectivity index (χ4n) is 3.75. The highest BCUT2D eigenvalue weighted by molar-refractivity contribution is 5.55. The zero-order valence-electron chi connectivity index (χ0n) is 16.1. The van der Waals surface area contributed by atoms with Crippen molar-refractivity contribution in [3.8, 4) is 5.75 Å². The van der Waals surface area contributed by atoms with Gasteiger partial charge in [0.2, 0.25) is 0 Å². The molecular formula is C20H31N3O2. The van der Waals surface area contributed by atoms with Crippen LogP contribution in [-0.2, 0) is 12.8 Å². The fourth-order valence-corrected chi connectivity index (χ4v) is 3.75. The van der Waals surface area contributed by atoms with Crippen LogP contribution in [0.5, 0.6) is 5.75 Å². The van der Waals surface area contributed by atoms with Crippen LogP contribution in [0.3, 0.4) is 0 Å². The molecule has 2 rings (SSSR count). The largest absolute Gasteiger partial charge is 0.485 e. The van der Waals surface area contributed by atoms with Gasteiger partial charge >= 0.3 is 0 Å². The van der Waals surface area contributed by atoms with Crippen molar-refractivity contribution in [2.75, 3.05) is 13.2 Å². The van der Waals surface area contributed by atoms with Crippen LogP contribution in [0.15, 0.2) is 5.11 Å². The number of azide groups is 1. The van der Waals surface area contributed by atoms with Crippen molar-refractivity contribution < 1.29 is 9.84 Å². The van der Waals surface area contributed by atoms with E-state index in [4.69, 9.17) is 10.3 Å². The molecular weight excluding hydrogens is 314 g/mol. The van der Waals surface area contributed by atoms with Crippen molar-refractivity contribution in [1.82, 2.24) is 0 Å². The van der Waals surface area contributed by atoms with Crippen LogP contribution in [0, 0.1) is 20.8 Å². The first-order valence-corrected chi connectivity index (χ1v) is 9.35. The molecule has 0 saturated carbocycles. The van der Waals surface area contributed by atoms with Crippen molar-refractivity contribution in [3.63, 3.8) is 0 Å². The number of fused-ring (bicyclic) bond motifs is 1. The lowest BCUT2D eigenvalue weighted by atomic mass is 9.84. The summed E-state index contributed by atoms with van der Waals surface area (Å²) in [5.41, 5.74) is 14.5. The van der Waals surface area contributed by atoms with Gasteiger partial charge in [-0.05, 0) is 93.1 Å². The van der Waals surface area contributed by atoms with E-state index >= 15 is 0 Å². The van der Waals surface area contributed by atoms with Gasteiger partial charge in [-0.2, -0.15) is 0 Å². The number of ether oxygens (including phenoxy) is 1. The molecule has 0 fully saturated rings. The Kier molecular flexibility index (Phi) is 6.74. The summed E-state index contributed by atoms with van der Waals surface area (Å²) in [4.78, 5) is 2.79. The first kappa shape index (κ1) is 19.6. The second kappa shape index (κ2) is 8.59. The lowest BCUT2D eigenvalue weighted by Gasteiger charge is -2.37. The van der Waals surface area contributed by atoms with E-state index in [1.54, 1.807) is 0 Å². The van der Waals surface area contributed by atoms with E-state index in [2.05, 4.69) is 30.8 Å². The van der Waals surface area contributed by atoms with Gasteiger partial charge in [0.05, 0.1) is 6.61 Å². The molecule has 1 atom stereocenters. The Labute approximate surface area is 151 Å². The minimum absolute atomic E-state index is 0.0571. The minimum atomic E-state index is -0.454. The zero-order chi connectivity index (χ0) is 18.4. The second-order valence-electron chi connectivity index (χ2n) is 7.49. The van der Waals surface area contributed by atoms with E-state index in [0.717, 1.165) is 50.7 Å². The molecule has 0 spiro atoms. The van der Waals surface area contributed by atoms with Crippen molar-refractivity contribution in [2.24, 2.45) is 5.11 Å². The van der Waals surface area contributed by atoms with E-state index in [0.29, 0.717) is 6.54 Å². The first-order chi connectivity index (χ1) is 11.9. The minimum Gasteiger partial charge on any atom is -0.485 e. The van der Waals surface area contributed by atoms with Gasteiger partial charge in [-0.1, -0.05) is 18.0 Å². The molecule has 1 aromatic carbocycles. The highest BCUT2D eigenvalue weighted by atomic mass is 16.5. The maximum absolute atomic E-state index is 9.63. The number of benzene rings is 1. The first-order valence-electron chi connectivity index (χ1n) is 9.35. The topological polar surface area (TPSA) is 78.2 Å². The SMILES string of the molecule is Cc1c(C)c2c(c(C)c1CCCCCCN=[N+]=[N-])CCC(C)(CO)O2. The van der Waals surface area contributed by atoms with Crippen molar-refractivity contribution in [3.05, 3.63) is 38.3 Å². The summed E-state index contributed by atoms with van der Waals surface area (Å²) in [5, 5.41) is 13.2. The molecule has 0 radical (unpaired) electrons. The lowest BCUT2D eigenvalue weighted by Crippen LogP contribution is -2.40. The van der Waals surface area contributed by atoms with Crippen LogP contribution in [0.4, 0.5) is 0 Å². The normalized spacial score (nSPS) is 19.1. The number of nitrogens with zero attached hydrogens (tertiary/aromatic N) is 3. The van der Waals surface area contributed by atoms with E-state index in [9.17, 15) is 5.11 Å². The summed E-state index contributed by atoms with van der Waals surface area (Å²) >= 11 is 0. The van der Waals surface area contributed by atoms with Crippen molar-refractivity contribution in [1.29, 1.82) is 0 Å². The summed E-state index contributed by atoms with van der Waals surface area (Å²) in [6, 6.07) is 0. The Bertz CT molecular complexity index is 666. The van der Waals surface area contributed by atoms with Gasteiger partial charge in [0.15, 0.2) is 0 Å². The molecule has 5 nitrogen and oxygen atoms in total. The molecule has 138 valence electrons. The van der Waals surface area contributed by atoms with Gasteiger partial charge in [-0.3, -0.25) is 0 Å². The monoisotopic (exact) mass is 345 g/mol. The predicted octanol–water partition coefficient (Wildman–Crippen LogP) is 5.10. The third-order valence-corrected chi connectivity index (χ3v) is 5.62. The van der Waals surface area contributed by atoms with Gasteiger partial charge in [-0.25, -0.2) is 0 Å². The molecule has 1 heterocycles. The Morgan fingerprint density at radius 3 is 2.52 bits per heavy atom. The number of aliphatic hydroxyl groups excluding tert-OH is 1. The molecule has 1 N–H and O–H groups in total. The molecule has 0 aromatic heterocycles. The van der Waals surface area contributed by atoms with E-state index in [-0.39, 0.29) is 6.61 Å². The lowest BCUT2D eigenvalue weighted by molar-refractivity contribution is 0.00726. The van der Waals surface area contributed by atoms with Gasteiger partial charge in [-0.15, -0.1) is 0 Å². The summed E-state index contributed by atoms with van der Waals surface area (Å²) in [5.74, 6) is 0.996. The summed E-state index contributed by atoms with van der Waals surface area (Å²) in [7, 11) is 0.